The molecule has 0 aliphatic carbocycles. The highest BCUT2D eigenvalue weighted by Crippen LogP contribution is 2.25. The number of benzene rings is 1. The van der Waals surface area contributed by atoms with Gasteiger partial charge in [0.15, 0.2) is 5.96 Å². The molecule has 0 spiro atoms. The number of nitrogens with zero attached hydrogens (tertiary/aromatic N) is 5. The van der Waals surface area contributed by atoms with Crippen molar-refractivity contribution in [2.45, 2.75) is 20.0 Å². The molecule has 1 saturated heterocycles. The number of methoxy groups -OCH3 is 2. The normalized spacial score (nSPS) is 14.9. The topological polar surface area (TPSA) is 67.2 Å². The number of aliphatic imine (C=N–C) groups is 1. The molecule has 0 amide bonds. The molecule has 0 bridgehead atoms. The van der Waals surface area contributed by atoms with E-state index < -0.39 is 0 Å². The van der Waals surface area contributed by atoms with Gasteiger partial charge in [-0.25, -0.2) is 0 Å². The van der Waals surface area contributed by atoms with Crippen molar-refractivity contribution < 1.29 is 9.47 Å². The van der Waals surface area contributed by atoms with Gasteiger partial charge < -0.3 is 19.7 Å². The predicted octanol–water partition coefficient (Wildman–Crippen LogP) is 2.22. The Balaban J connectivity index is 0.00000320. The third-order valence-corrected chi connectivity index (χ3v) is 5.15. The van der Waals surface area contributed by atoms with Gasteiger partial charge in [0.1, 0.15) is 11.5 Å². The fourth-order valence-corrected chi connectivity index (χ4v) is 3.57. The van der Waals surface area contributed by atoms with Gasteiger partial charge in [0.25, 0.3) is 0 Å². The van der Waals surface area contributed by atoms with Gasteiger partial charge in [0, 0.05) is 58.1 Å². The Morgan fingerprint density at radius 2 is 1.93 bits per heavy atom. The van der Waals surface area contributed by atoms with Crippen molar-refractivity contribution in [3.05, 3.63) is 41.7 Å². The molecule has 0 atom stereocenters. The summed E-state index contributed by atoms with van der Waals surface area (Å²) >= 11 is 0. The van der Waals surface area contributed by atoms with Crippen LogP contribution in [0.3, 0.4) is 0 Å². The van der Waals surface area contributed by atoms with Crippen LogP contribution in [0.25, 0.3) is 0 Å². The average Bonchev–Trinajstić information content (AvgIpc) is 3.17. The molecule has 1 aromatic carbocycles. The van der Waals surface area contributed by atoms with E-state index in [0.717, 1.165) is 68.8 Å². The van der Waals surface area contributed by atoms with E-state index >= 15 is 0 Å². The van der Waals surface area contributed by atoms with E-state index in [1.807, 2.05) is 30.1 Å². The maximum Gasteiger partial charge on any atom is 0.193 e. The smallest absolute Gasteiger partial charge is 0.193 e. The monoisotopic (exact) mass is 528 g/mol. The van der Waals surface area contributed by atoms with Crippen LogP contribution in [0.5, 0.6) is 11.5 Å². The van der Waals surface area contributed by atoms with Crippen molar-refractivity contribution in [1.82, 2.24) is 24.9 Å². The molecule has 1 aromatic heterocycles. The van der Waals surface area contributed by atoms with Crippen LogP contribution >= 0.6 is 24.0 Å². The molecule has 9 heteroatoms. The highest BCUT2D eigenvalue weighted by Gasteiger charge is 2.20. The third-order valence-electron chi connectivity index (χ3n) is 5.15. The first-order chi connectivity index (χ1) is 14.1. The second-order valence-electron chi connectivity index (χ2n) is 7.20. The molecule has 0 unspecified atom stereocenters. The first-order valence-electron chi connectivity index (χ1n) is 10.0. The van der Waals surface area contributed by atoms with Crippen LogP contribution in [0.4, 0.5) is 0 Å². The van der Waals surface area contributed by atoms with Crippen LogP contribution in [-0.4, -0.2) is 79.5 Å². The molecule has 8 nitrogen and oxygen atoms in total. The van der Waals surface area contributed by atoms with Gasteiger partial charge in [-0.15, -0.1) is 24.0 Å². The molecule has 2 heterocycles. The summed E-state index contributed by atoms with van der Waals surface area (Å²) in [6, 6.07) is 5.96. The number of ether oxygens (including phenoxy) is 2. The highest BCUT2D eigenvalue weighted by atomic mass is 127. The Bertz CT molecular complexity index is 818. The number of nitrogens with one attached hydrogen (secondary N) is 1. The van der Waals surface area contributed by atoms with Crippen molar-refractivity contribution >= 4 is 29.9 Å². The quantitative estimate of drug-likeness (QED) is 0.338. The molecule has 30 heavy (non-hydrogen) atoms. The van der Waals surface area contributed by atoms with E-state index in [-0.39, 0.29) is 24.0 Å². The van der Waals surface area contributed by atoms with Gasteiger partial charge in [-0.2, -0.15) is 5.10 Å². The zero-order chi connectivity index (χ0) is 20.6. The lowest BCUT2D eigenvalue weighted by Gasteiger charge is -2.36. The maximum atomic E-state index is 5.52. The lowest BCUT2D eigenvalue weighted by atomic mass is 10.1. The summed E-state index contributed by atoms with van der Waals surface area (Å²) in [5.41, 5.74) is 2.33. The second kappa shape index (κ2) is 12.0. The number of rotatable bonds is 7. The van der Waals surface area contributed by atoms with Crippen LogP contribution in [0, 0.1) is 6.92 Å². The molecule has 1 N–H and O–H groups in total. The molecular weight excluding hydrogens is 495 g/mol. The number of guanidine groups is 1. The average molecular weight is 528 g/mol. The molecule has 166 valence electrons. The number of aryl methyl sites for hydroxylation is 1. The fourth-order valence-electron chi connectivity index (χ4n) is 3.57. The first-order valence-corrected chi connectivity index (χ1v) is 10.0. The molecule has 0 radical (unpaired) electrons. The van der Waals surface area contributed by atoms with E-state index in [4.69, 9.17) is 9.47 Å². The Kier molecular flexibility index (Phi) is 9.70. The van der Waals surface area contributed by atoms with Crippen molar-refractivity contribution in [1.29, 1.82) is 0 Å². The third kappa shape index (κ3) is 6.49. The van der Waals surface area contributed by atoms with E-state index in [2.05, 4.69) is 44.4 Å². The minimum absolute atomic E-state index is 0. The van der Waals surface area contributed by atoms with Crippen molar-refractivity contribution in [2.24, 2.45) is 4.99 Å². The van der Waals surface area contributed by atoms with Gasteiger partial charge in [0.2, 0.25) is 0 Å². The number of hydrogen-bond donors (Lipinski definition) is 1. The molecule has 1 fully saturated rings. The van der Waals surface area contributed by atoms with Crippen LogP contribution in [0.1, 0.15) is 11.1 Å². The van der Waals surface area contributed by atoms with Crippen molar-refractivity contribution in [3.8, 4) is 11.5 Å². The Hall–Kier alpha value is -2.01. The van der Waals surface area contributed by atoms with Gasteiger partial charge in [-0.1, -0.05) is 0 Å². The van der Waals surface area contributed by atoms with E-state index in [0.29, 0.717) is 0 Å². The number of aromatic nitrogens is 2. The SMILES string of the molecule is CN=C(NCCn1cc(C)cn1)N1CCN(Cc2cc(OC)ccc2OC)CC1.I. The molecule has 0 saturated carbocycles. The Morgan fingerprint density at radius 1 is 1.17 bits per heavy atom. The van der Waals surface area contributed by atoms with Gasteiger partial charge in [-0.05, 0) is 30.7 Å². The predicted molar refractivity (Wildman–Crippen MR) is 130 cm³/mol. The lowest BCUT2D eigenvalue weighted by molar-refractivity contribution is 0.171. The molecule has 1 aliphatic rings. The Morgan fingerprint density at radius 3 is 2.53 bits per heavy atom. The summed E-state index contributed by atoms with van der Waals surface area (Å²) in [5.74, 6) is 2.71. The summed E-state index contributed by atoms with van der Waals surface area (Å²) < 4.78 is 12.8. The molecule has 2 aromatic rings. The van der Waals surface area contributed by atoms with Crippen LogP contribution in [0.2, 0.25) is 0 Å². The molecule has 1 aliphatic heterocycles. The molecule has 3 rings (SSSR count). The highest BCUT2D eigenvalue weighted by molar-refractivity contribution is 14.0. The van der Waals surface area contributed by atoms with Gasteiger partial charge in [-0.3, -0.25) is 14.6 Å². The standard InChI is InChI=1S/C21H32N6O2.HI/c1-17-14-24-27(15-17)8-7-23-21(22-2)26-11-9-25(10-12-26)16-18-13-19(28-3)5-6-20(18)29-4;/h5-6,13-15H,7-12,16H2,1-4H3,(H,22,23);1H. The summed E-state index contributed by atoms with van der Waals surface area (Å²) in [6.45, 7) is 8.34. The number of halogens is 1. The lowest BCUT2D eigenvalue weighted by Crippen LogP contribution is -2.52. The number of hydrogen-bond acceptors (Lipinski definition) is 5. The second-order valence-corrected chi connectivity index (χ2v) is 7.20. The van der Waals surface area contributed by atoms with E-state index in [1.165, 1.54) is 5.56 Å². The summed E-state index contributed by atoms with van der Waals surface area (Å²) in [5, 5.41) is 7.78. The summed E-state index contributed by atoms with van der Waals surface area (Å²) in [7, 11) is 5.24. The Labute approximate surface area is 196 Å². The van der Waals surface area contributed by atoms with E-state index in [1.54, 1.807) is 14.2 Å². The van der Waals surface area contributed by atoms with Crippen LogP contribution in [-0.2, 0) is 13.1 Å². The van der Waals surface area contributed by atoms with E-state index in [9.17, 15) is 0 Å². The van der Waals surface area contributed by atoms with Gasteiger partial charge in [0.05, 0.1) is 27.0 Å². The fraction of sp³-hybridized carbons (Fsp3) is 0.524. The first kappa shape index (κ1) is 24.3. The van der Waals surface area contributed by atoms with Crippen molar-refractivity contribution in [2.75, 3.05) is 54.0 Å². The maximum absolute atomic E-state index is 5.52. The minimum Gasteiger partial charge on any atom is -0.497 e. The molecular formula is C21H33IN6O2. The van der Waals surface area contributed by atoms with Crippen molar-refractivity contribution in [3.63, 3.8) is 0 Å². The largest absolute Gasteiger partial charge is 0.497 e. The van der Waals surface area contributed by atoms with Gasteiger partial charge >= 0.3 is 0 Å². The van der Waals surface area contributed by atoms with Crippen LogP contribution < -0.4 is 14.8 Å². The summed E-state index contributed by atoms with van der Waals surface area (Å²) in [4.78, 5) is 9.21. The van der Waals surface area contributed by atoms with Crippen LogP contribution in [0.15, 0.2) is 35.6 Å². The zero-order valence-electron chi connectivity index (χ0n) is 18.3. The number of piperazine rings is 1. The zero-order valence-corrected chi connectivity index (χ0v) is 20.6. The summed E-state index contributed by atoms with van der Waals surface area (Å²) in [6.07, 6.45) is 3.93. The minimum atomic E-state index is 0.